The fraction of sp³-hybridized carbons (Fsp3) is 0.500. The number of halogens is 2. The summed E-state index contributed by atoms with van der Waals surface area (Å²) in [6, 6.07) is 1.60. The van der Waals surface area contributed by atoms with Gasteiger partial charge in [0.25, 0.3) is 5.92 Å². The Morgan fingerprint density at radius 1 is 1.53 bits per heavy atom. The highest BCUT2D eigenvalue weighted by Gasteiger charge is 2.22. The number of aromatic nitrogens is 1. The van der Waals surface area contributed by atoms with E-state index < -0.39 is 12.5 Å². The molecule has 0 bridgehead atoms. The van der Waals surface area contributed by atoms with Crippen molar-refractivity contribution in [2.24, 2.45) is 0 Å². The number of hydrogen-bond acceptors (Lipinski definition) is 3. The SMILES string of the molecule is Cc1cc(CO)ncc1OCC(C)(F)F. The van der Waals surface area contributed by atoms with E-state index in [9.17, 15) is 8.78 Å². The molecule has 84 valence electrons. The average Bonchev–Trinajstić information content (AvgIpc) is 2.14. The molecule has 0 atom stereocenters. The lowest BCUT2D eigenvalue weighted by Gasteiger charge is -2.13. The molecule has 0 aromatic carbocycles. The van der Waals surface area contributed by atoms with Gasteiger partial charge in [-0.15, -0.1) is 0 Å². The monoisotopic (exact) mass is 217 g/mol. The van der Waals surface area contributed by atoms with Crippen molar-refractivity contribution < 1.29 is 18.6 Å². The quantitative estimate of drug-likeness (QED) is 0.837. The number of pyridine rings is 1. The van der Waals surface area contributed by atoms with E-state index in [0.29, 0.717) is 17.0 Å². The summed E-state index contributed by atoms with van der Waals surface area (Å²) in [5.74, 6) is -2.55. The van der Waals surface area contributed by atoms with Gasteiger partial charge in [0.2, 0.25) is 0 Å². The largest absolute Gasteiger partial charge is 0.485 e. The van der Waals surface area contributed by atoms with Crippen LogP contribution in [0.2, 0.25) is 0 Å². The molecule has 0 saturated carbocycles. The van der Waals surface area contributed by atoms with Crippen molar-refractivity contribution in [3.63, 3.8) is 0 Å². The molecule has 1 rings (SSSR count). The molecule has 0 saturated heterocycles. The van der Waals surface area contributed by atoms with Crippen LogP contribution in [0.25, 0.3) is 0 Å². The molecule has 0 aliphatic carbocycles. The average molecular weight is 217 g/mol. The molecule has 1 aromatic heterocycles. The van der Waals surface area contributed by atoms with Crippen LogP contribution in [-0.4, -0.2) is 22.6 Å². The lowest BCUT2D eigenvalue weighted by Crippen LogP contribution is -2.21. The molecule has 0 spiro atoms. The standard InChI is InChI=1S/C10H13F2NO2/c1-7-3-8(5-14)13-4-9(7)15-6-10(2,11)12/h3-4,14H,5-6H2,1-2H3. The van der Waals surface area contributed by atoms with Gasteiger partial charge in [-0.2, -0.15) is 0 Å². The van der Waals surface area contributed by atoms with E-state index >= 15 is 0 Å². The van der Waals surface area contributed by atoms with Gasteiger partial charge >= 0.3 is 0 Å². The molecule has 1 N–H and O–H groups in total. The summed E-state index contributed by atoms with van der Waals surface area (Å²) >= 11 is 0. The van der Waals surface area contributed by atoms with Gasteiger partial charge in [-0.05, 0) is 18.6 Å². The maximum atomic E-state index is 12.5. The lowest BCUT2D eigenvalue weighted by molar-refractivity contribution is -0.0232. The van der Waals surface area contributed by atoms with Gasteiger partial charge in [-0.25, -0.2) is 8.78 Å². The summed E-state index contributed by atoms with van der Waals surface area (Å²) in [4.78, 5) is 3.84. The summed E-state index contributed by atoms with van der Waals surface area (Å²) in [6.45, 7) is 1.65. The zero-order valence-electron chi connectivity index (χ0n) is 8.63. The normalized spacial score (nSPS) is 11.5. The van der Waals surface area contributed by atoms with Crippen LogP contribution >= 0.6 is 0 Å². The van der Waals surface area contributed by atoms with Gasteiger partial charge in [-0.3, -0.25) is 4.98 Å². The van der Waals surface area contributed by atoms with Crippen LogP contribution in [0.4, 0.5) is 8.78 Å². The molecule has 0 aliphatic heterocycles. The van der Waals surface area contributed by atoms with Crippen LogP contribution in [-0.2, 0) is 6.61 Å². The minimum absolute atomic E-state index is 0.176. The third-order valence-electron chi connectivity index (χ3n) is 1.76. The summed E-state index contributed by atoms with van der Waals surface area (Å²) < 4.78 is 29.9. The van der Waals surface area contributed by atoms with Crippen LogP contribution in [0, 0.1) is 6.92 Å². The Morgan fingerprint density at radius 2 is 2.20 bits per heavy atom. The maximum absolute atomic E-state index is 12.5. The molecule has 1 heterocycles. The minimum atomic E-state index is -2.86. The maximum Gasteiger partial charge on any atom is 0.278 e. The van der Waals surface area contributed by atoms with Gasteiger partial charge < -0.3 is 9.84 Å². The fourth-order valence-electron chi connectivity index (χ4n) is 1.04. The van der Waals surface area contributed by atoms with Crippen LogP contribution in [0.1, 0.15) is 18.2 Å². The third-order valence-corrected chi connectivity index (χ3v) is 1.76. The van der Waals surface area contributed by atoms with E-state index in [0.717, 1.165) is 6.92 Å². The first kappa shape index (κ1) is 11.8. The number of rotatable bonds is 4. The van der Waals surface area contributed by atoms with E-state index in [1.165, 1.54) is 6.20 Å². The van der Waals surface area contributed by atoms with E-state index in [-0.39, 0.29) is 6.61 Å². The second-order valence-corrected chi connectivity index (χ2v) is 3.46. The molecule has 3 nitrogen and oxygen atoms in total. The Bertz CT molecular complexity index is 337. The van der Waals surface area contributed by atoms with Gasteiger partial charge in [0.15, 0.2) is 6.61 Å². The highest BCUT2D eigenvalue weighted by atomic mass is 19.3. The molecule has 15 heavy (non-hydrogen) atoms. The van der Waals surface area contributed by atoms with Gasteiger partial charge in [-0.1, -0.05) is 0 Å². The number of nitrogens with zero attached hydrogens (tertiary/aromatic N) is 1. The van der Waals surface area contributed by atoms with Crippen molar-refractivity contribution in [2.45, 2.75) is 26.4 Å². The lowest BCUT2D eigenvalue weighted by atomic mass is 10.2. The molecule has 0 fully saturated rings. The van der Waals surface area contributed by atoms with Crippen LogP contribution < -0.4 is 4.74 Å². The van der Waals surface area contributed by atoms with Crippen molar-refractivity contribution in [1.82, 2.24) is 4.98 Å². The number of hydrogen-bond donors (Lipinski definition) is 1. The second-order valence-electron chi connectivity index (χ2n) is 3.46. The van der Waals surface area contributed by atoms with Crippen molar-refractivity contribution >= 4 is 0 Å². The second kappa shape index (κ2) is 4.53. The first-order chi connectivity index (χ1) is 6.92. The fourth-order valence-corrected chi connectivity index (χ4v) is 1.04. The van der Waals surface area contributed by atoms with Gasteiger partial charge in [0.1, 0.15) is 5.75 Å². The van der Waals surface area contributed by atoms with Crippen molar-refractivity contribution in [2.75, 3.05) is 6.61 Å². The van der Waals surface area contributed by atoms with Crippen LogP contribution in [0.15, 0.2) is 12.3 Å². The molecule has 0 radical (unpaired) electrons. The molecule has 5 heteroatoms. The molecular formula is C10H13F2NO2. The number of aliphatic hydroxyl groups excluding tert-OH is 1. The Balaban J connectivity index is 2.70. The zero-order valence-corrected chi connectivity index (χ0v) is 8.63. The van der Waals surface area contributed by atoms with E-state index in [2.05, 4.69) is 4.98 Å². The van der Waals surface area contributed by atoms with E-state index in [1.807, 2.05) is 0 Å². The van der Waals surface area contributed by atoms with Crippen LogP contribution in [0.3, 0.4) is 0 Å². The smallest absolute Gasteiger partial charge is 0.278 e. The van der Waals surface area contributed by atoms with Gasteiger partial charge in [0, 0.05) is 6.92 Å². The highest BCUT2D eigenvalue weighted by molar-refractivity contribution is 5.30. The third kappa shape index (κ3) is 3.79. The number of ether oxygens (including phenoxy) is 1. The Labute approximate surface area is 86.7 Å². The summed E-state index contributed by atoms with van der Waals surface area (Å²) in [7, 11) is 0. The zero-order chi connectivity index (χ0) is 11.5. The Morgan fingerprint density at radius 3 is 2.67 bits per heavy atom. The van der Waals surface area contributed by atoms with E-state index in [4.69, 9.17) is 9.84 Å². The molecular weight excluding hydrogens is 204 g/mol. The predicted octanol–water partition coefficient (Wildman–Crippen LogP) is 1.92. The summed E-state index contributed by atoms with van der Waals surface area (Å²) in [5, 5.41) is 8.79. The Hall–Kier alpha value is -1.23. The minimum Gasteiger partial charge on any atom is -0.485 e. The summed E-state index contributed by atoms with van der Waals surface area (Å²) in [6.07, 6.45) is 1.34. The van der Waals surface area contributed by atoms with E-state index in [1.54, 1.807) is 13.0 Å². The Kier molecular flexibility index (Phi) is 3.57. The van der Waals surface area contributed by atoms with Crippen molar-refractivity contribution in [1.29, 1.82) is 0 Å². The summed E-state index contributed by atoms with van der Waals surface area (Å²) in [5.41, 5.74) is 1.17. The first-order valence-electron chi connectivity index (χ1n) is 4.49. The topological polar surface area (TPSA) is 42.4 Å². The number of alkyl halides is 2. The molecule has 0 amide bonds. The highest BCUT2D eigenvalue weighted by Crippen LogP contribution is 2.20. The van der Waals surface area contributed by atoms with Gasteiger partial charge in [0.05, 0.1) is 18.5 Å². The van der Waals surface area contributed by atoms with Crippen LogP contribution in [0.5, 0.6) is 5.75 Å². The predicted molar refractivity (Wildman–Crippen MR) is 51.0 cm³/mol. The van der Waals surface area contributed by atoms with Crippen molar-refractivity contribution in [3.05, 3.63) is 23.5 Å². The molecule has 1 aromatic rings. The van der Waals surface area contributed by atoms with Crippen molar-refractivity contribution in [3.8, 4) is 5.75 Å². The molecule has 0 aliphatic rings. The first-order valence-corrected chi connectivity index (χ1v) is 4.49. The number of aliphatic hydroxyl groups is 1. The number of aryl methyl sites for hydroxylation is 1. The molecule has 0 unspecified atom stereocenters.